The highest BCUT2D eigenvalue weighted by molar-refractivity contribution is 5.64. The predicted octanol–water partition coefficient (Wildman–Crippen LogP) is 3.96. The fraction of sp³-hybridized carbons (Fsp3) is 0.296. The van der Waals surface area contributed by atoms with Gasteiger partial charge in [-0.15, -0.1) is 0 Å². The number of ether oxygens (including phenoxy) is 2. The average molecular weight is 486 g/mol. The van der Waals surface area contributed by atoms with Gasteiger partial charge < -0.3 is 30.0 Å². The molecular weight excluding hydrogens is 454 g/mol. The quantitative estimate of drug-likeness (QED) is 0.290. The number of imidazole rings is 1. The van der Waals surface area contributed by atoms with E-state index in [0.717, 1.165) is 79.1 Å². The van der Waals surface area contributed by atoms with Crippen molar-refractivity contribution >= 4 is 11.6 Å². The highest BCUT2D eigenvalue weighted by Crippen LogP contribution is 2.25. The zero-order valence-electron chi connectivity index (χ0n) is 20.4. The van der Waals surface area contributed by atoms with Gasteiger partial charge >= 0.3 is 0 Å². The summed E-state index contributed by atoms with van der Waals surface area (Å²) in [4.78, 5) is 19.4. The van der Waals surface area contributed by atoms with Gasteiger partial charge in [0.15, 0.2) is 0 Å². The number of hydrogen-bond donors (Lipinski definition) is 3. The van der Waals surface area contributed by atoms with Crippen molar-refractivity contribution in [2.24, 2.45) is 0 Å². The molecule has 9 nitrogen and oxygen atoms in total. The lowest BCUT2D eigenvalue weighted by atomic mass is 10.2. The first-order chi connectivity index (χ1) is 17.8. The van der Waals surface area contributed by atoms with E-state index < -0.39 is 0 Å². The number of methoxy groups -OCH3 is 1. The number of nitrogens with zero attached hydrogens (tertiary/aromatic N) is 4. The van der Waals surface area contributed by atoms with Crippen molar-refractivity contribution in [1.29, 1.82) is 0 Å². The van der Waals surface area contributed by atoms with Crippen molar-refractivity contribution in [3.8, 4) is 34.3 Å². The molecule has 186 valence electrons. The second-order valence-electron chi connectivity index (χ2n) is 8.59. The molecule has 36 heavy (non-hydrogen) atoms. The Labute approximate surface area is 210 Å². The molecule has 1 saturated heterocycles. The number of benzene rings is 2. The molecule has 0 saturated carbocycles. The predicted molar refractivity (Wildman–Crippen MR) is 141 cm³/mol. The highest BCUT2D eigenvalue weighted by Gasteiger charge is 2.10. The third kappa shape index (κ3) is 6.18. The van der Waals surface area contributed by atoms with E-state index in [1.165, 1.54) is 0 Å². The number of piperazine rings is 1. The molecule has 3 heterocycles. The van der Waals surface area contributed by atoms with E-state index in [-0.39, 0.29) is 0 Å². The highest BCUT2D eigenvalue weighted by atomic mass is 16.5. The molecule has 4 aromatic rings. The smallest absolute Gasteiger partial charge is 0.227 e. The van der Waals surface area contributed by atoms with E-state index in [4.69, 9.17) is 9.47 Å². The van der Waals surface area contributed by atoms with Gasteiger partial charge in [-0.05, 0) is 36.8 Å². The Morgan fingerprint density at radius 3 is 2.75 bits per heavy atom. The van der Waals surface area contributed by atoms with Gasteiger partial charge in [0.25, 0.3) is 0 Å². The molecule has 2 aromatic heterocycles. The second kappa shape index (κ2) is 11.7. The van der Waals surface area contributed by atoms with Crippen LogP contribution in [0.15, 0.2) is 67.0 Å². The van der Waals surface area contributed by atoms with Gasteiger partial charge in [-0.3, -0.25) is 0 Å². The van der Waals surface area contributed by atoms with Gasteiger partial charge in [0.05, 0.1) is 31.3 Å². The maximum absolute atomic E-state index is 5.98. The van der Waals surface area contributed by atoms with Gasteiger partial charge in [-0.1, -0.05) is 18.2 Å². The zero-order valence-corrected chi connectivity index (χ0v) is 20.4. The Morgan fingerprint density at radius 1 is 1.00 bits per heavy atom. The maximum Gasteiger partial charge on any atom is 0.227 e. The van der Waals surface area contributed by atoms with Gasteiger partial charge in [0.1, 0.15) is 17.3 Å². The summed E-state index contributed by atoms with van der Waals surface area (Å²) in [6.07, 6.45) is 4.51. The number of nitrogens with one attached hydrogen (secondary N) is 3. The fourth-order valence-electron chi connectivity index (χ4n) is 4.14. The molecule has 0 aliphatic carbocycles. The van der Waals surface area contributed by atoms with Gasteiger partial charge in [0, 0.05) is 56.2 Å². The van der Waals surface area contributed by atoms with Crippen LogP contribution < -0.4 is 20.1 Å². The molecule has 1 fully saturated rings. The van der Waals surface area contributed by atoms with Crippen molar-refractivity contribution in [3.05, 3.63) is 67.0 Å². The van der Waals surface area contributed by atoms with Gasteiger partial charge in [-0.2, -0.15) is 0 Å². The van der Waals surface area contributed by atoms with Gasteiger partial charge in [0.2, 0.25) is 5.95 Å². The third-order valence-corrected chi connectivity index (χ3v) is 6.04. The summed E-state index contributed by atoms with van der Waals surface area (Å²) in [5.74, 6) is 2.86. The van der Waals surface area contributed by atoms with Crippen LogP contribution in [0, 0.1) is 0 Å². The Hall–Kier alpha value is -3.95. The van der Waals surface area contributed by atoms with Crippen molar-refractivity contribution in [1.82, 2.24) is 30.2 Å². The van der Waals surface area contributed by atoms with Crippen LogP contribution in [0.4, 0.5) is 11.6 Å². The topological polar surface area (TPSA) is 100 Å². The fourth-order valence-corrected chi connectivity index (χ4v) is 4.14. The summed E-state index contributed by atoms with van der Waals surface area (Å²) >= 11 is 0. The molecule has 0 atom stereocenters. The van der Waals surface area contributed by atoms with Crippen molar-refractivity contribution in [2.75, 3.05) is 51.8 Å². The lowest BCUT2D eigenvalue weighted by Crippen LogP contribution is -2.43. The number of hydrogen-bond acceptors (Lipinski definition) is 8. The summed E-state index contributed by atoms with van der Waals surface area (Å²) in [5, 5.41) is 6.66. The van der Waals surface area contributed by atoms with Gasteiger partial charge in [-0.25, -0.2) is 15.0 Å². The van der Waals surface area contributed by atoms with E-state index in [9.17, 15) is 0 Å². The summed E-state index contributed by atoms with van der Waals surface area (Å²) in [5.41, 5.74) is 3.36. The van der Waals surface area contributed by atoms with Crippen LogP contribution >= 0.6 is 0 Å². The van der Waals surface area contributed by atoms with Crippen LogP contribution in [-0.4, -0.2) is 71.3 Å². The largest absolute Gasteiger partial charge is 0.497 e. The molecule has 3 N–H and O–H groups in total. The minimum absolute atomic E-state index is 0.501. The van der Waals surface area contributed by atoms with Crippen LogP contribution in [0.1, 0.15) is 6.42 Å². The van der Waals surface area contributed by atoms with E-state index >= 15 is 0 Å². The SMILES string of the molecule is COc1cccc(-c2ncc(-c3ccnc(Nc4cccc(OCCCN5CCNCC5)c4)n3)[nH]2)c1. The number of aromatic nitrogens is 4. The molecular formula is C27H31N7O2. The van der Waals surface area contributed by atoms with E-state index in [0.29, 0.717) is 12.6 Å². The number of rotatable bonds is 10. The summed E-state index contributed by atoms with van der Waals surface area (Å²) in [6, 6.07) is 17.5. The molecule has 0 radical (unpaired) electrons. The first-order valence-electron chi connectivity index (χ1n) is 12.2. The molecule has 5 rings (SSSR count). The molecule has 0 spiro atoms. The Morgan fingerprint density at radius 2 is 1.86 bits per heavy atom. The molecule has 0 amide bonds. The average Bonchev–Trinajstić information content (AvgIpc) is 3.43. The van der Waals surface area contributed by atoms with Crippen LogP contribution in [-0.2, 0) is 0 Å². The van der Waals surface area contributed by atoms with Crippen molar-refractivity contribution < 1.29 is 9.47 Å². The van der Waals surface area contributed by atoms with Crippen LogP contribution in [0.25, 0.3) is 22.8 Å². The second-order valence-corrected chi connectivity index (χ2v) is 8.59. The molecule has 0 unspecified atom stereocenters. The summed E-state index contributed by atoms with van der Waals surface area (Å²) in [6.45, 7) is 6.12. The Bertz CT molecular complexity index is 1270. The zero-order chi connectivity index (χ0) is 24.6. The van der Waals surface area contributed by atoms with Crippen LogP contribution in [0.2, 0.25) is 0 Å². The molecule has 9 heteroatoms. The van der Waals surface area contributed by atoms with Crippen molar-refractivity contribution in [2.45, 2.75) is 6.42 Å². The lowest BCUT2D eigenvalue weighted by molar-refractivity contribution is 0.214. The number of anilines is 2. The normalized spacial score (nSPS) is 13.9. The van der Waals surface area contributed by atoms with Crippen LogP contribution in [0.5, 0.6) is 11.5 Å². The summed E-state index contributed by atoms with van der Waals surface area (Å²) < 4.78 is 11.3. The number of H-pyrrole nitrogens is 1. The maximum atomic E-state index is 5.98. The van der Waals surface area contributed by atoms with E-state index in [1.807, 2.05) is 54.6 Å². The van der Waals surface area contributed by atoms with Crippen molar-refractivity contribution in [3.63, 3.8) is 0 Å². The first kappa shape index (κ1) is 23.8. The van der Waals surface area contributed by atoms with E-state index in [1.54, 1.807) is 19.5 Å². The molecule has 2 aromatic carbocycles. The molecule has 1 aliphatic rings. The third-order valence-electron chi connectivity index (χ3n) is 6.04. The van der Waals surface area contributed by atoms with E-state index in [2.05, 4.69) is 35.5 Å². The lowest BCUT2D eigenvalue weighted by Gasteiger charge is -2.26. The molecule has 1 aliphatic heterocycles. The minimum Gasteiger partial charge on any atom is -0.497 e. The molecule has 0 bridgehead atoms. The minimum atomic E-state index is 0.501. The Kier molecular flexibility index (Phi) is 7.70. The Balaban J connectivity index is 1.20. The monoisotopic (exact) mass is 485 g/mol. The summed E-state index contributed by atoms with van der Waals surface area (Å²) in [7, 11) is 1.65. The number of aromatic amines is 1. The first-order valence-corrected chi connectivity index (χ1v) is 12.2. The van der Waals surface area contributed by atoms with Crippen LogP contribution in [0.3, 0.4) is 0 Å². The standard InChI is InChI=1S/C27H31N7O2/c1-35-22-7-2-5-20(17-22)26-30-19-25(32-26)24-9-10-29-27(33-24)31-21-6-3-8-23(18-21)36-16-4-13-34-14-11-28-12-15-34/h2-3,5-10,17-19,28H,4,11-16H2,1H3,(H,30,32)(H,29,31,33).